The Bertz CT molecular complexity index is 494. The molecule has 7 heteroatoms. The fourth-order valence-corrected chi connectivity index (χ4v) is 1.94. The van der Waals surface area contributed by atoms with Gasteiger partial charge in [-0.05, 0) is 38.5 Å². The van der Waals surface area contributed by atoms with E-state index in [0.717, 1.165) is 5.56 Å². The highest BCUT2D eigenvalue weighted by Gasteiger charge is 2.16. The minimum atomic E-state index is -2.93. The number of hydrogen-bond donors (Lipinski definition) is 1. The van der Waals surface area contributed by atoms with Crippen LogP contribution in [0.25, 0.3) is 0 Å². The lowest BCUT2D eigenvalue weighted by molar-refractivity contribution is -0.138. The molecule has 22 heavy (non-hydrogen) atoms. The molecule has 0 heterocycles. The maximum atomic E-state index is 12.3. The largest absolute Gasteiger partial charge is 0.490 e. The van der Waals surface area contributed by atoms with Crippen LogP contribution in [0.3, 0.4) is 0 Å². The first-order valence-corrected chi connectivity index (χ1v) is 6.99. The van der Waals surface area contributed by atoms with E-state index in [1.165, 1.54) is 6.07 Å². The molecule has 5 nitrogen and oxygen atoms in total. The molecule has 0 amide bonds. The first kappa shape index (κ1) is 18.2. The Morgan fingerprint density at radius 3 is 2.50 bits per heavy atom. The number of hydrogen-bond acceptors (Lipinski definition) is 4. The molecule has 124 valence electrons. The van der Waals surface area contributed by atoms with Crippen LogP contribution in [0.1, 0.15) is 26.3 Å². The van der Waals surface area contributed by atoms with Crippen LogP contribution in [0.4, 0.5) is 8.78 Å². The van der Waals surface area contributed by atoms with Gasteiger partial charge in [0.1, 0.15) is 0 Å². The third-order valence-corrected chi connectivity index (χ3v) is 2.98. The van der Waals surface area contributed by atoms with E-state index in [2.05, 4.69) is 4.74 Å². The van der Waals surface area contributed by atoms with Crippen molar-refractivity contribution in [3.63, 3.8) is 0 Å². The first-order chi connectivity index (χ1) is 10.3. The summed E-state index contributed by atoms with van der Waals surface area (Å²) in [6, 6.07) is 4.66. The zero-order chi connectivity index (χ0) is 16.7. The number of carboxylic acids is 1. The van der Waals surface area contributed by atoms with Crippen molar-refractivity contribution in [2.75, 3.05) is 13.2 Å². The van der Waals surface area contributed by atoms with Crippen LogP contribution in [0, 0.1) is 0 Å². The van der Waals surface area contributed by atoms with Gasteiger partial charge in [0.15, 0.2) is 11.5 Å². The lowest BCUT2D eigenvalue weighted by atomic mass is 10.1. The van der Waals surface area contributed by atoms with Gasteiger partial charge in [0.2, 0.25) is 0 Å². The smallest absolute Gasteiger partial charge is 0.387 e. The Balaban J connectivity index is 2.94. The Labute approximate surface area is 128 Å². The average Bonchev–Trinajstić information content (AvgIpc) is 2.40. The van der Waals surface area contributed by atoms with E-state index in [-0.39, 0.29) is 24.1 Å². The fraction of sp³-hybridized carbons (Fsp3) is 0.533. The van der Waals surface area contributed by atoms with Crippen LogP contribution in [-0.4, -0.2) is 41.8 Å². The quantitative estimate of drug-likeness (QED) is 0.759. The molecule has 0 aromatic heterocycles. The van der Waals surface area contributed by atoms with Gasteiger partial charge < -0.3 is 14.6 Å². The van der Waals surface area contributed by atoms with Crippen LogP contribution >= 0.6 is 0 Å². The molecule has 0 aliphatic carbocycles. The van der Waals surface area contributed by atoms with Crippen LogP contribution in [0.2, 0.25) is 0 Å². The lowest BCUT2D eigenvalue weighted by Gasteiger charge is -2.25. The number of ether oxygens (including phenoxy) is 2. The van der Waals surface area contributed by atoms with Crippen LogP contribution in [0.5, 0.6) is 11.5 Å². The molecule has 0 fully saturated rings. The topological polar surface area (TPSA) is 59.0 Å². The summed E-state index contributed by atoms with van der Waals surface area (Å²) in [6.45, 7) is 3.18. The summed E-state index contributed by atoms with van der Waals surface area (Å²) in [5.74, 6) is -0.731. The number of halogens is 2. The molecule has 1 rings (SSSR count). The zero-order valence-corrected chi connectivity index (χ0v) is 12.9. The van der Waals surface area contributed by atoms with Crippen molar-refractivity contribution in [1.29, 1.82) is 0 Å². The lowest BCUT2D eigenvalue weighted by Crippen LogP contribution is -2.35. The predicted octanol–water partition coefficient (Wildman–Crippen LogP) is 2.98. The molecule has 0 radical (unpaired) electrons. The van der Waals surface area contributed by atoms with E-state index >= 15 is 0 Å². The minimum Gasteiger partial charge on any atom is -0.490 e. The van der Waals surface area contributed by atoms with Crippen molar-refractivity contribution in [1.82, 2.24) is 4.90 Å². The van der Waals surface area contributed by atoms with Gasteiger partial charge in [-0.1, -0.05) is 6.07 Å². The van der Waals surface area contributed by atoms with Crippen molar-refractivity contribution in [2.24, 2.45) is 0 Å². The third kappa shape index (κ3) is 5.85. The first-order valence-electron chi connectivity index (χ1n) is 6.99. The molecule has 0 atom stereocenters. The Hall–Kier alpha value is -1.89. The van der Waals surface area contributed by atoms with Gasteiger partial charge in [0, 0.05) is 12.6 Å². The van der Waals surface area contributed by atoms with Crippen LogP contribution < -0.4 is 9.47 Å². The second-order valence-corrected chi connectivity index (χ2v) is 4.99. The van der Waals surface area contributed by atoms with Gasteiger partial charge in [-0.25, -0.2) is 0 Å². The molecule has 0 bridgehead atoms. The second kappa shape index (κ2) is 8.53. The SMILES string of the molecule is CCOc1cc(CN(CC(=O)O)C(C)C)ccc1OC(F)F. The highest BCUT2D eigenvalue weighted by Crippen LogP contribution is 2.30. The number of rotatable bonds is 9. The number of benzene rings is 1. The summed E-state index contributed by atoms with van der Waals surface area (Å²) >= 11 is 0. The maximum Gasteiger partial charge on any atom is 0.387 e. The molecule has 0 aliphatic rings. The van der Waals surface area contributed by atoms with Gasteiger partial charge in [0.25, 0.3) is 0 Å². The summed E-state index contributed by atoms with van der Waals surface area (Å²) in [7, 11) is 0. The van der Waals surface area contributed by atoms with E-state index in [4.69, 9.17) is 9.84 Å². The molecule has 0 saturated carbocycles. The Morgan fingerprint density at radius 1 is 1.32 bits per heavy atom. The summed E-state index contributed by atoms with van der Waals surface area (Å²) in [5, 5.41) is 8.92. The highest BCUT2D eigenvalue weighted by atomic mass is 19.3. The maximum absolute atomic E-state index is 12.3. The van der Waals surface area contributed by atoms with E-state index in [9.17, 15) is 13.6 Å². The van der Waals surface area contributed by atoms with Crippen molar-refractivity contribution < 1.29 is 28.2 Å². The molecule has 0 unspecified atom stereocenters. The molecular weight excluding hydrogens is 296 g/mol. The molecule has 0 saturated heterocycles. The molecule has 1 N–H and O–H groups in total. The highest BCUT2D eigenvalue weighted by molar-refractivity contribution is 5.69. The molecular formula is C15H21F2NO4. The predicted molar refractivity (Wildman–Crippen MR) is 77.4 cm³/mol. The summed E-state index contributed by atoms with van der Waals surface area (Å²) in [4.78, 5) is 12.6. The number of carbonyl (C=O) groups is 1. The normalized spacial score (nSPS) is 11.3. The van der Waals surface area contributed by atoms with Gasteiger partial charge in [0.05, 0.1) is 13.2 Å². The molecule has 0 spiro atoms. The van der Waals surface area contributed by atoms with Crippen LogP contribution in [0.15, 0.2) is 18.2 Å². The van der Waals surface area contributed by atoms with Gasteiger partial charge >= 0.3 is 12.6 Å². The second-order valence-electron chi connectivity index (χ2n) is 4.99. The molecule has 1 aromatic rings. The summed E-state index contributed by atoms with van der Waals surface area (Å²) < 4.78 is 34.4. The fourth-order valence-electron chi connectivity index (χ4n) is 1.94. The number of carboxylic acid groups (broad SMARTS) is 1. The minimum absolute atomic E-state index is 0.0311. The number of aliphatic carboxylic acids is 1. The van der Waals surface area contributed by atoms with E-state index in [1.807, 2.05) is 13.8 Å². The molecule has 0 aliphatic heterocycles. The van der Waals surface area contributed by atoms with Crippen molar-refractivity contribution in [3.8, 4) is 11.5 Å². The van der Waals surface area contributed by atoms with Crippen LogP contribution in [-0.2, 0) is 11.3 Å². The van der Waals surface area contributed by atoms with E-state index in [0.29, 0.717) is 13.2 Å². The third-order valence-electron chi connectivity index (χ3n) is 2.98. The Morgan fingerprint density at radius 2 is 2.00 bits per heavy atom. The standard InChI is InChI=1S/C15H21F2NO4/c1-4-21-13-7-11(5-6-12(13)22-15(16)17)8-18(10(2)3)9-14(19)20/h5-7,10,15H,4,8-9H2,1-3H3,(H,19,20). The van der Waals surface area contributed by atoms with Crippen molar-refractivity contribution >= 4 is 5.97 Å². The zero-order valence-electron chi connectivity index (χ0n) is 12.9. The monoisotopic (exact) mass is 317 g/mol. The molecule has 1 aromatic carbocycles. The van der Waals surface area contributed by atoms with Gasteiger partial charge in [-0.2, -0.15) is 8.78 Å². The van der Waals surface area contributed by atoms with Gasteiger partial charge in [-0.3, -0.25) is 9.69 Å². The van der Waals surface area contributed by atoms with Crippen molar-refractivity contribution in [2.45, 2.75) is 40.0 Å². The summed E-state index contributed by atoms with van der Waals surface area (Å²) in [5.41, 5.74) is 0.764. The number of nitrogens with zero attached hydrogens (tertiary/aromatic N) is 1. The summed E-state index contributed by atoms with van der Waals surface area (Å²) in [6.07, 6.45) is 0. The van der Waals surface area contributed by atoms with E-state index in [1.54, 1.807) is 24.0 Å². The average molecular weight is 317 g/mol. The van der Waals surface area contributed by atoms with Crippen molar-refractivity contribution in [3.05, 3.63) is 23.8 Å². The Kier molecular flexibility index (Phi) is 7.04. The number of alkyl halides is 2. The van der Waals surface area contributed by atoms with Gasteiger partial charge in [-0.15, -0.1) is 0 Å². The van der Waals surface area contributed by atoms with E-state index < -0.39 is 12.6 Å².